The van der Waals surface area contributed by atoms with E-state index in [1.54, 1.807) is 12.4 Å². The fourth-order valence-electron chi connectivity index (χ4n) is 3.28. The molecule has 0 spiro atoms. The van der Waals surface area contributed by atoms with Crippen molar-refractivity contribution in [2.24, 2.45) is 0 Å². The van der Waals surface area contributed by atoms with Gasteiger partial charge in [-0.1, -0.05) is 35.0 Å². The molecule has 9 heteroatoms. The van der Waals surface area contributed by atoms with Crippen LogP contribution in [0.4, 0.5) is 5.95 Å². The summed E-state index contributed by atoms with van der Waals surface area (Å²) in [7, 11) is 0. The van der Waals surface area contributed by atoms with E-state index in [1.165, 1.54) is 0 Å². The van der Waals surface area contributed by atoms with Crippen LogP contribution in [-0.2, 0) is 6.54 Å². The molecule has 0 aliphatic carbocycles. The number of halogens is 1. The van der Waals surface area contributed by atoms with Crippen molar-refractivity contribution in [3.05, 3.63) is 58.6 Å². The number of amides is 1. The van der Waals surface area contributed by atoms with Gasteiger partial charge < -0.3 is 9.88 Å². The molecule has 1 aliphatic rings. The quantitative estimate of drug-likeness (QED) is 0.703. The highest BCUT2D eigenvalue weighted by atomic mass is 35.5. The predicted octanol–water partition coefficient (Wildman–Crippen LogP) is 2.27. The van der Waals surface area contributed by atoms with E-state index < -0.39 is 0 Å². The van der Waals surface area contributed by atoms with Crippen LogP contribution in [0.3, 0.4) is 0 Å². The first-order valence-corrected chi connectivity index (χ1v) is 9.19. The lowest BCUT2D eigenvalue weighted by molar-refractivity contribution is 0.102. The molecule has 8 nitrogen and oxygen atoms in total. The smallest absolute Gasteiger partial charge is 0.280 e. The second-order valence-corrected chi connectivity index (χ2v) is 6.95. The van der Waals surface area contributed by atoms with Gasteiger partial charge in [0, 0.05) is 24.0 Å². The Morgan fingerprint density at radius 3 is 3.04 bits per heavy atom. The van der Waals surface area contributed by atoms with Crippen molar-refractivity contribution in [3.63, 3.8) is 0 Å². The first kappa shape index (κ1) is 17.7. The Hall–Kier alpha value is -2.71. The molecule has 0 saturated carbocycles. The average Bonchev–Trinajstić information content (AvgIpc) is 3.39. The van der Waals surface area contributed by atoms with Crippen LogP contribution in [0.2, 0.25) is 5.02 Å². The molecule has 140 valence electrons. The maximum atomic E-state index is 12.7. The molecule has 1 aliphatic heterocycles. The van der Waals surface area contributed by atoms with Crippen LogP contribution in [0.25, 0.3) is 0 Å². The van der Waals surface area contributed by atoms with E-state index in [-0.39, 0.29) is 11.9 Å². The molecular weight excluding hydrogens is 366 g/mol. The van der Waals surface area contributed by atoms with Crippen LogP contribution in [0.5, 0.6) is 0 Å². The zero-order chi connectivity index (χ0) is 18.8. The van der Waals surface area contributed by atoms with Gasteiger partial charge in [-0.3, -0.25) is 10.1 Å². The first-order valence-electron chi connectivity index (χ1n) is 8.82. The van der Waals surface area contributed by atoms with Crippen LogP contribution in [0.15, 0.2) is 36.7 Å². The molecule has 2 aromatic heterocycles. The number of nitrogens with zero attached hydrogens (tertiary/aromatic N) is 5. The normalized spacial score (nSPS) is 16.6. The summed E-state index contributed by atoms with van der Waals surface area (Å²) < 4.78 is 3.66. The van der Waals surface area contributed by atoms with E-state index in [4.69, 9.17) is 11.6 Å². The summed E-state index contributed by atoms with van der Waals surface area (Å²) in [5, 5.41) is 15.1. The molecule has 0 radical (unpaired) electrons. The Labute approximate surface area is 161 Å². The van der Waals surface area contributed by atoms with Crippen molar-refractivity contribution >= 4 is 23.5 Å². The average molecular weight is 386 g/mol. The lowest BCUT2D eigenvalue weighted by Gasteiger charge is -2.11. The van der Waals surface area contributed by atoms with Crippen molar-refractivity contribution in [2.45, 2.75) is 25.9 Å². The molecule has 1 amide bonds. The van der Waals surface area contributed by atoms with E-state index >= 15 is 0 Å². The van der Waals surface area contributed by atoms with Gasteiger partial charge >= 0.3 is 0 Å². The minimum absolute atomic E-state index is 0.237. The van der Waals surface area contributed by atoms with Gasteiger partial charge in [0.2, 0.25) is 5.95 Å². The van der Waals surface area contributed by atoms with Crippen molar-refractivity contribution in [1.29, 1.82) is 0 Å². The number of hydrogen-bond donors (Lipinski definition) is 2. The van der Waals surface area contributed by atoms with Crippen LogP contribution >= 0.6 is 11.6 Å². The number of anilines is 1. The SMILES string of the molecule is Cc1c(C(=O)Nc2nccn2Cc2ccccc2Cl)nnn1C1CCNC1. The summed E-state index contributed by atoms with van der Waals surface area (Å²) in [5.74, 6) is 0.118. The molecule has 1 saturated heterocycles. The third-order valence-corrected chi connectivity index (χ3v) is 5.13. The molecule has 2 N–H and O–H groups in total. The predicted molar refractivity (Wildman–Crippen MR) is 102 cm³/mol. The van der Waals surface area contributed by atoms with Crippen molar-refractivity contribution in [2.75, 3.05) is 18.4 Å². The molecule has 4 rings (SSSR count). The minimum atomic E-state index is -0.323. The minimum Gasteiger partial charge on any atom is -0.315 e. The second-order valence-electron chi connectivity index (χ2n) is 6.54. The summed E-state index contributed by atoms with van der Waals surface area (Å²) in [5.41, 5.74) is 2.02. The highest BCUT2D eigenvalue weighted by Gasteiger charge is 2.24. The van der Waals surface area contributed by atoms with Crippen molar-refractivity contribution < 1.29 is 4.79 Å². The van der Waals surface area contributed by atoms with E-state index in [0.29, 0.717) is 23.2 Å². The Balaban J connectivity index is 1.51. The number of benzene rings is 1. The molecule has 1 unspecified atom stereocenters. The van der Waals surface area contributed by atoms with E-state index in [2.05, 4.69) is 25.9 Å². The maximum absolute atomic E-state index is 12.7. The van der Waals surface area contributed by atoms with Gasteiger partial charge in [-0.25, -0.2) is 9.67 Å². The number of carbonyl (C=O) groups is 1. The zero-order valence-corrected chi connectivity index (χ0v) is 15.6. The van der Waals surface area contributed by atoms with Gasteiger partial charge in [-0.15, -0.1) is 5.10 Å². The summed E-state index contributed by atoms with van der Waals surface area (Å²) in [6.07, 6.45) is 4.42. The fraction of sp³-hybridized carbons (Fsp3) is 0.333. The van der Waals surface area contributed by atoms with Gasteiger partial charge in [0.1, 0.15) is 0 Å². The molecule has 3 aromatic rings. The number of nitrogens with one attached hydrogen (secondary N) is 2. The van der Waals surface area contributed by atoms with Crippen LogP contribution < -0.4 is 10.6 Å². The van der Waals surface area contributed by atoms with Crippen LogP contribution in [0, 0.1) is 6.92 Å². The number of imidazole rings is 1. The molecule has 1 aromatic carbocycles. The number of rotatable bonds is 5. The van der Waals surface area contributed by atoms with E-state index in [1.807, 2.05) is 40.4 Å². The second kappa shape index (κ2) is 7.50. The Kier molecular flexibility index (Phi) is 4.91. The highest BCUT2D eigenvalue weighted by Crippen LogP contribution is 2.20. The summed E-state index contributed by atoms with van der Waals surface area (Å²) in [6.45, 7) is 4.16. The third-order valence-electron chi connectivity index (χ3n) is 4.76. The standard InChI is InChI=1S/C18H20ClN7O/c1-12-16(23-24-26(12)14-6-7-20-10-14)17(27)22-18-21-8-9-25(18)11-13-4-2-3-5-15(13)19/h2-5,8-9,14,20H,6-7,10-11H2,1H3,(H,21,22,27). The number of aromatic nitrogens is 5. The van der Waals surface area contributed by atoms with Gasteiger partial charge in [0.05, 0.1) is 18.3 Å². The van der Waals surface area contributed by atoms with Crippen molar-refractivity contribution in [1.82, 2.24) is 29.9 Å². The lowest BCUT2D eigenvalue weighted by atomic mass is 10.2. The molecule has 1 atom stereocenters. The van der Waals surface area contributed by atoms with Crippen LogP contribution in [-0.4, -0.2) is 43.5 Å². The van der Waals surface area contributed by atoms with Gasteiger partial charge in [0.15, 0.2) is 5.69 Å². The summed E-state index contributed by atoms with van der Waals surface area (Å²) in [4.78, 5) is 17.0. The zero-order valence-electron chi connectivity index (χ0n) is 14.9. The number of carbonyl (C=O) groups excluding carboxylic acids is 1. The number of hydrogen-bond acceptors (Lipinski definition) is 5. The topological polar surface area (TPSA) is 89.7 Å². The van der Waals surface area contributed by atoms with E-state index in [0.717, 1.165) is 30.8 Å². The lowest BCUT2D eigenvalue weighted by Crippen LogP contribution is -2.19. The molecule has 3 heterocycles. The fourth-order valence-corrected chi connectivity index (χ4v) is 3.47. The first-order chi connectivity index (χ1) is 13.1. The molecular formula is C18H20ClN7O. The highest BCUT2D eigenvalue weighted by molar-refractivity contribution is 6.31. The van der Waals surface area contributed by atoms with Crippen LogP contribution in [0.1, 0.15) is 34.2 Å². The summed E-state index contributed by atoms with van der Waals surface area (Å²) in [6, 6.07) is 7.83. The Morgan fingerprint density at radius 1 is 1.41 bits per heavy atom. The van der Waals surface area contributed by atoms with Gasteiger partial charge in [-0.05, 0) is 31.5 Å². The Morgan fingerprint density at radius 2 is 2.26 bits per heavy atom. The maximum Gasteiger partial charge on any atom is 0.280 e. The molecule has 0 bridgehead atoms. The largest absolute Gasteiger partial charge is 0.315 e. The molecule has 1 fully saturated rings. The summed E-state index contributed by atoms with van der Waals surface area (Å²) >= 11 is 6.23. The van der Waals surface area contributed by atoms with E-state index in [9.17, 15) is 4.79 Å². The monoisotopic (exact) mass is 385 g/mol. The van der Waals surface area contributed by atoms with Crippen molar-refractivity contribution in [3.8, 4) is 0 Å². The third kappa shape index (κ3) is 3.58. The van der Waals surface area contributed by atoms with Gasteiger partial charge in [0.25, 0.3) is 5.91 Å². The Bertz CT molecular complexity index is 958. The van der Waals surface area contributed by atoms with Gasteiger partial charge in [-0.2, -0.15) is 0 Å². The molecule has 27 heavy (non-hydrogen) atoms.